The monoisotopic (exact) mass is 219 g/mol. The van der Waals surface area contributed by atoms with Crippen molar-refractivity contribution in [2.75, 3.05) is 13.7 Å². The average molecular weight is 219 g/mol. The molecule has 1 aromatic rings. The Labute approximate surface area is 93.8 Å². The van der Waals surface area contributed by atoms with Crippen molar-refractivity contribution in [2.45, 2.75) is 18.6 Å². The molecule has 3 atom stereocenters. The molecule has 84 valence electrons. The number of rotatable bonds is 3. The molecule has 0 bridgehead atoms. The highest BCUT2D eigenvalue weighted by atomic mass is 16.5. The lowest BCUT2D eigenvalue weighted by atomic mass is 10.2. The number of cyclic esters (lactones) is 1. The van der Waals surface area contributed by atoms with Crippen LogP contribution in [0, 0.1) is 0 Å². The molecule has 0 saturated carbocycles. The molecule has 3 rings (SSSR count). The predicted molar refractivity (Wildman–Crippen MR) is 57.1 cm³/mol. The first-order chi connectivity index (χ1) is 7.79. The van der Waals surface area contributed by atoms with E-state index in [1.807, 2.05) is 24.3 Å². The van der Waals surface area contributed by atoms with E-state index < -0.39 is 0 Å². The number of nitrogens with zero attached hydrogens (tertiary/aromatic N) is 1. The van der Waals surface area contributed by atoms with Crippen molar-refractivity contribution in [1.29, 1.82) is 0 Å². The third-order valence-electron chi connectivity index (χ3n) is 3.22. The first-order valence-electron chi connectivity index (χ1n) is 5.35. The van der Waals surface area contributed by atoms with Crippen LogP contribution in [0.5, 0.6) is 5.75 Å². The van der Waals surface area contributed by atoms with E-state index >= 15 is 0 Å². The molecular formula is C12H13NO3. The second-order valence-corrected chi connectivity index (χ2v) is 4.16. The van der Waals surface area contributed by atoms with E-state index in [2.05, 4.69) is 4.90 Å². The van der Waals surface area contributed by atoms with Crippen molar-refractivity contribution in [3.05, 3.63) is 29.8 Å². The Balaban J connectivity index is 1.65. The Morgan fingerprint density at radius 3 is 2.75 bits per heavy atom. The molecule has 4 nitrogen and oxygen atoms in total. The van der Waals surface area contributed by atoms with Gasteiger partial charge in [-0.3, -0.25) is 9.69 Å². The van der Waals surface area contributed by atoms with Gasteiger partial charge in [-0.05, 0) is 17.7 Å². The van der Waals surface area contributed by atoms with Gasteiger partial charge in [0, 0.05) is 6.54 Å². The second kappa shape index (κ2) is 3.49. The molecule has 2 aliphatic rings. The van der Waals surface area contributed by atoms with Crippen molar-refractivity contribution in [3.8, 4) is 5.75 Å². The molecule has 0 radical (unpaired) electrons. The van der Waals surface area contributed by atoms with Crippen LogP contribution in [0.1, 0.15) is 5.56 Å². The first kappa shape index (κ1) is 9.66. The highest BCUT2D eigenvalue weighted by Crippen LogP contribution is 2.36. The lowest BCUT2D eigenvalue weighted by Crippen LogP contribution is -2.16. The molecule has 0 N–H and O–H groups in total. The number of carbonyl (C=O) groups excluding carboxylic acids is 1. The maximum atomic E-state index is 11.2. The molecule has 2 saturated heterocycles. The van der Waals surface area contributed by atoms with Crippen LogP contribution in [0.3, 0.4) is 0 Å². The van der Waals surface area contributed by atoms with Crippen LogP contribution in [0.2, 0.25) is 0 Å². The number of hydrogen-bond acceptors (Lipinski definition) is 4. The third kappa shape index (κ3) is 1.46. The average Bonchev–Trinajstić information content (AvgIpc) is 2.85. The van der Waals surface area contributed by atoms with Gasteiger partial charge in [0.15, 0.2) is 0 Å². The van der Waals surface area contributed by atoms with E-state index in [9.17, 15) is 4.79 Å². The highest BCUT2D eigenvalue weighted by molar-refractivity contribution is 5.82. The molecule has 3 unspecified atom stereocenters. The van der Waals surface area contributed by atoms with Crippen LogP contribution < -0.4 is 4.74 Å². The SMILES string of the molecule is COc1ccc(CN2C3COC(=O)C32)cc1. The quantitative estimate of drug-likeness (QED) is 0.557. The number of morpholine rings is 1. The molecule has 2 heterocycles. The van der Waals surface area contributed by atoms with Crippen LogP contribution in [0.4, 0.5) is 0 Å². The number of methoxy groups -OCH3 is 1. The molecular weight excluding hydrogens is 206 g/mol. The summed E-state index contributed by atoms with van der Waals surface area (Å²) in [6, 6.07) is 8.26. The van der Waals surface area contributed by atoms with Gasteiger partial charge in [0.05, 0.1) is 13.2 Å². The van der Waals surface area contributed by atoms with Crippen LogP contribution >= 0.6 is 0 Å². The summed E-state index contributed by atoms with van der Waals surface area (Å²) in [7, 11) is 1.65. The summed E-state index contributed by atoms with van der Waals surface area (Å²) < 4.78 is 10.0. The molecule has 0 amide bonds. The highest BCUT2D eigenvalue weighted by Gasteiger charge is 2.58. The second-order valence-electron chi connectivity index (χ2n) is 4.16. The number of carbonyl (C=O) groups is 1. The molecule has 0 aliphatic carbocycles. The minimum atomic E-state index is -0.0708. The lowest BCUT2D eigenvalue weighted by Gasteiger charge is -2.08. The fourth-order valence-electron chi connectivity index (χ4n) is 2.22. The predicted octanol–water partition coefficient (Wildman–Crippen LogP) is 0.805. The van der Waals surface area contributed by atoms with Gasteiger partial charge < -0.3 is 9.47 Å². The van der Waals surface area contributed by atoms with Gasteiger partial charge in [-0.25, -0.2) is 0 Å². The molecule has 2 aliphatic heterocycles. The fraction of sp³-hybridized carbons (Fsp3) is 0.417. The number of esters is 1. The summed E-state index contributed by atoms with van der Waals surface area (Å²) >= 11 is 0. The maximum Gasteiger partial charge on any atom is 0.325 e. The van der Waals surface area contributed by atoms with E-state index in [1.165, 1.54) is 5.56 Å². The Morgan fingerprint density at radius 1 is 1.44 bits per heavy atom. The molecule has 0 spiro atoms. The normalized spacial score (nSPS) is 30.8. The fourth-order valence-corrected chi connectivity index (χ4v) is 2.22. The van der Waals surface area contributed by atoms with Crippen LogP contribution in [0.25, 0.3) is 0 Å². The number of ether oxygens (including phenoxy) is 2. The largest absolute Gasteiger partial charge is 0.497 e. The number of fused-ring (bicyclic) bond motifs is 1. The van der Waals surface area contributed by atoms with Gasteiger partial charge in [0.1, 0.15) is 18.4 Å². The zero-order valence-electron chi connectivity index (χ0n) is 9.05. The molecule has 2 fully saturated rings. The molecule has 4 heteroatoms. The standard InChI is InChI=1S/C12H13NO3/c1-15-9-4-2-8(3-5-9)6-13-10-7-16-12(14)11(10)13/h2-5,10-11H,6-7H2,1H3. The van der Waals surface area contributed by atoms with Crippen molar-refractivity contribution < 1.29 is 14.3 Å². The zero-order valence-corrected chi connectivity index (χ0v) is 9.05. The van der Waals surface area contributed by atoms with E-state index in [1.54, 1.807) is 7.11 Å². The van der Waals surface area contributed by atoms with E-state index in [0.717, 1.165) is 12.3 Å². The van der Waals surface area contributed by atoms with Crippen molar-refractivity contribution in [2.24, 2.45) is 0 Å². The lowest BCUT2D eigenvalue weighted by molar-refractivity contribution is -0.141. The molecule has 0 aromatic heterocycles. The van der Waals surface area contributed by atoms with Crippen LogP contribution in [-0.4, -0.2) is 36.7 Å². The van der Waals surface area contributed by atoms with Crippen LogP contribution in [-0.2, 0) is 16.1 Å². The van der Waals surface area contributed by atoms with E-state index in [4.69, 9.17) is 9.47 Å². The smallest absolute Gasteiger partial charge is 0.325 e. The summed E-state index contributed by atoms with van der Waals surface area (Å²) in [5.74, 6) is 0.785. The Hall–Kier alpha value is -1.55. The van der Waals surface area contributed by atoms with Crippen molar-refractivity contribution in [1.82, 2.24) is 4.90 Å². The summed E-state index contributed by atoms with van der Waals surface area (Å²) in [4.78, 5) is 13.4. The van der Waals surface area contributed by atoms with E-state index in [0.29, 0.717) is 12.6 Å². The zero-order chi connectivity index (χ0) is 11.1. The first-order valence-corrected chi connectivity index (χ1v) is 5.35. The summed E-state index contributed by atoms with van der Waals surface area (Å²) in [6.07, 6.45) is 0. The third-order valence-corrected chi connectivity index (χ3v) is 3.22. The van der Waals surface area contributed by atoms with Crippen LogP contribution in [0.15, 0.2) is 24.3 Å². The minimum Gasteiger partial charge on any atom is -0.497 e. The molecule has 16 heavy (non-hydrogen) atoms. The summed E-state index contributed by atoms with van der Waals surface area (Å²) in [5, 5.41) is 0. The van der Waals surface area contributed by atoms with Gasteiger partial charge in [0.2, 0.25) is 0 Å². The Bertz CT molecular complexity index is 415. The Kier molecular flexibility index (Phi) is 2.11. The Morgan fingerprint density at radius 2 is 2.19 bits per heavy atom. The van der Waals surface area contributed by atoms with Gasteiger partial charge >= 0.3 is 5.97 Å². The maximum absolute atomic E-state index is 11.2. The van der Waals surface area contributed by atoms with Gasteiger partial charge in [-0.15, -0.1) is 0 Å². The van der Waals surface area contributed by atoms with Gasteiger partial charge in [0.25, 0.3) is 0 Å². The van der Waals surface area contributed by atoms with E-state index in [-0.39, 0.29) is 12.0 Å². The number of hydrogen-bond donors (Lipinski definition) is 0. The van der Waals surface area contributed by atoms with Gasteiger partial charge in [-0.1, -0.05) is 12.1 Å². The van der Waals surface area contributed by atoms with Crippen molar-refractivity contribution in [3.63, 3.8) is 0 Å². The summed E-state index contributed by atoms with van der Waals surface area (Å²) in [6.45, 7) is 1.37. The minimum absolute atomic E-state index is 0.0158. The van der Waals surface area contributed by atoms with Gasteiger partial charge in [-0.2, -0.15) is 0 Å². The molecule has 1 aromatic carbocycles. The number of benzene rings is 1. The van der Waals surface area contributed by atoms with Crippen molar-refractivity contribution >= 4 is 5.97 Å². The summed E-state index contributed by atoms with van der Waals surface area (Å²) in [5.41, 5.74) is 1.20. The topological polar surface area (TPSA) is 38.5 Å².